The third-order valence-corrected chi connectivity index (χ3v) is 9.53. The molecule has 0 fully saturated rings. The summed E-state index contributed by atoms with van der Waals surface area (Å²) in [6, 6.07) is 57.1. The van der Waals surface area contributed by atoms with E-state index in [4.69, 9.17) is 4.98 Å². The zero-order valence-electron chi connectivity index (χ0n) is 24.9. The topological polar surface area (TPSA) is 22.8 Å². The van der Waals surface area contributed by atoms with Crippen LogP contribution in [0.15, 0.2) is 164 Å². The number of hydrogen-bond donors (Lipinski definition) is 0. The zero-order valence-corrected chi connectivity index (χ0v) is 24.9. The molecule has 7 aromatic carbocycles. The molecule has 0 bridgehead atoms. The summed E-state index contributed by atoms with van der Waals surface area (Å²) in [6.07, 6.45) is 1.90. The molecular weight excluding hydrogens is 558 g/mol. The minimum absolute atomic E-state index is 1.03. The Labute approximate surface area is 265 Å². The second kappa shape index (κ2) is 9.65. The van der Waals surface area contributed by atoms with Crippen LogP contribution in [0.3, 0.4) is 0 Å². The Morgan fingerprint density at radius 2 is 1.04 bits per heavy atom. The van der Waals surface area contributed by atoms with Crippen molar-refractivity contribution in [1.82, 2.24) is 14.1 Å². The third kappa shape index (κ3) is 3.57. The minimum Gasteiger partial charge on any atom is -0.309 e. The highest BCUT2D eigenvalue weighted by molar-refractivity contribution is 6.15. The summed E-state index contributed by atoms with van der Waals surface area (Å²) in [4.78, 5) is 4.87. The standard InChI is InChI=1S/C43H27N3/c1-2-12-32(13-3-1)45-37-16-6-5-15-34(37)36-26-30(22-24-39(36)45)31-21-23-35-33-14-4-7-17-38(33)46(41(35)27-31)40-18-8-10-28-19-20-29-11-9-25-44-43(29)42(28)40/h1-27H. The fourth-order valence-electron chi connectivity index (χ4n) is 7.50. The lowest BCUT2D eigenvalue weighted by molar-refractivity contribution is 1.18. The number of nitrogens with zero attached hydrogens (tertiary/aromatic N) is 3. The predicted molar refractivity (Wildman–Crippen MR) is 193 cm³/mol. The highest BCUT2D eigenvalue weighted by atomic mass is 15.0. The van der Waals surface area contributed by atoms with Crippen LogP contribution in [0, 0.1) is 0 Å². The number of rotatable bonds is 3. The summed E-state index contributed by atoms with van der Waals surface area (Å²) >= 11 is 0. The predicted octanol–water partition coefficient (Wildman–Crippen LogP) is 11.2. The molecule has 0 aliphatic carbocycles. The smallest absolute Gasteiger partial charge is 0.0801 e. The molecule has 3 heterocycles. The molecule has 10 rings (SSSR count). The van der Waals surface area contributed by atoms with Gasteiger partial charge in [0.1, 0.15) is 0 Å². The Balaban J connectivity index is 1.25. The summed E-state index contributed by atoms with van der Waals surface area (Å²) in [5.41, 5.74) is 10.5. The van der Waals surface area contributed by atoms with Crippen molar-refractivity contribution in [3.8, 4) is 22.5 Å². The van der Waals surface area contributed by atoms with E-state index in [9.17, 15) is 0 Å². The molecule has 0 atom stereocenters. The van der Waals surface area contributed by atoms with Crippen LogP contribution < -0.4 is 0 Å². The van der Waals surface area contributed by atoms with Crippen molar-refractivity contribution in [2.45, 2.75) is 0 Å². The first-order chi connectivity index (χ1) is 22.8. The van der Waals surface area contributed by atoms with E-state index < -0.39 is 0 Å². The molecule has 0 radical (unpaired) electrons. The first-order valence-electron chi connectivity index (χ1n) is 15.7. The van der Waals surface area contributed by atoms with Crippen molar-refractivity contribution in [2.24, 2.45) is 0 Å². The highest BCUT2D eigenvalue weighted by Crippen LogP contribution is 2.40. The normalized spacial score (nSPS) is 11.9. The fourth-order valence-corrected chi connectivity index (χ4v) is 7.50. The second-order valence-corrected chi connectivity index (χ2v) is 12.0. The number of fused-ring (bicyclic) bond motifs is 9. The molecule has 214 valence electrons. The summed E-state index contributed by atoms with van der Waals surface area (Å²) < 4.78 is 4.80. The van der Waals surface area contributed by atoms with Gasteiger partial charge in [0.25, 0.3) is 0 Å². The van der Waals surface area contributed by atoms with Gasteiger partial charge in [0.2, 0.25) is 0 Å². The van der Waals surface area contributed by atoms with Crippen molar-refractivity contribution >= 4 is 65.3 Å². The lowest BCUT2D eigenvalue weighted by Crippen LogP contribution is -1.96. The fraction of sp³-hybridized carbons (Fsp3) is 0. The van der Waals surface area contributed by atoms with Crippen LogP contribution >= 0.6 is 0 Å². The van der Waals surface area contributed by atoms with E-state index in [0.29, 0.717) is 0 Å². The number of aromatic nitrogens is 3. The van der Waals surface area contributed by atoms with Crippen molar-refractivity contribution in [3.63, 3.8) is 0 Å². The first-order valence-corrected chi connectivity index (χ1v) is 15.7. The molecule has 46 heavy (non-hydrogen) atoms. The minimum atomic E-state index is 1.03. The van der Waals surface area contributed by atoms with Crippen LogP contribution in [0.1, 0.15) is 0 Å². The molecule has 0 aliphatic rings. The van der Waals surface area contributed by atoms with Gasteiger partial charge in [-0.2, -0.15) is 0 Å². The van der Waals surface area contributed by atoms with Gasteiger partial charge < -0.3 is 9.13 Å². The largest absolute Gasteiger partial charge is 0.309 e. The molecule has 0 spiro atoms. The van der Waals surface area contributed by atoms with Gasteiger partial charge in [-0.3, -0.25) is 4.98 Å². The summed E-state index contributed by atoms with van der Waals surface area (Å²) in [5.74, 6) is 0. The maximum atomic E-state index is 4.87. The number of hydrogen-bond acceptors (Lipinski definition) is 1. The van der Waals surface area contributed by atoms with E-state index in [-0.39, 0.29) is 0 Å². The molecular formula is C43H27N3. The van der Waals surface area contributed by atoms with Crippen molar-refractivity contribution < 1.29 is 0 Å². The van der Waals surface area contributed by atoms with E-state index in [0.717, 1.165) is 16.6 Å². The van der Waals surface area contributed by atoms with Crippen LogP contribution in [-0.2, 0) is 0 Å². The average Bonchev–Trinajstić information content (AvgIpc) is 3.64. The van der Waals surface area contributed by atoms with Crippen LogP contribution in [0.25, 0.3) is 87.8 Å². The van der Waals surface area contributed by atoms with Gasteiger partial charge in [0, 0.05) is 44.2 Å². The lowest BCUT2D eigenvalue weighted by atomic mass is 10.0. The molecule has 3 heteroatoms. The number of pyridine rings is 1. The molecule has 3 aromatic heterocycles. The van der Waals surface area contributed by atoms with E-state index in [1.54, 1.807) is 0 Å². The maximum Gasteiger partial charge on any atom is 0.0801 e. The molecule has 0 N–H and O–H groups in total. The average molecular weight is 586 g/mol. The van der Waals surface area contributed by atoms with Crippen molar-refractivity contribution in [2.75, 3.05) is 0 Å². The Morgan fingerprint density at radius 1 is 0.391 bits per heavy atom. The van der Waals surface area contributed by atoms with Gasteiger partial charge in [0.15, 0.2) is 0 Å². The Morgan fingerprint density at radius 3 is 1.91 bits per heavy atom. The van der Waals surface area contributed by atoms with Gasteiger partial charge in [-0.05, 0) is 71.1 Å². The molecule has 0 saturated heterocycles. The van der Waals surface area contributed by atoms with E-state index >= 15 is 0 Å². The summed E-state index contributed by atoms with van der Waals surface area (Å²) in [6.45, 7) is 0. The monoisotopic (exact) mass is 585 g/mol. The van der Waals surface area contributed by atoms with Crippen LogP contribution in [0.2, 0.25) is 0 Å². The molecule has 3 nitrogen and oxygen atoms in total. The number of benzene rings is 7. The van der Waals surface area contributed by atoms with Gasteiger partial charge in [-0.25, -0.2) is 0 Å². The SMILES string of the molecule is c1ccc(-n2c3ccccc3c3cc(-c4ccc5c6ccccc6n(-c6cccc7ccc8cccnc8c67)c5c4)ccc32)cc1. The summed E-state index contributed by atoms with van der Waals surface area (Å²) in [7, 11) is 0. The Bertz CT molecular complexity index is 2800. The molecule has 0 amide bonds. The van der Waals surface area contributed by atoms with Crippen molar-refractivity contribution in [3.05, 3.63) is 164 Å². The molecule has 10 aromatic rings. The van der Waals surface area contributed by atoms with Crippen molar-refractivity contribution in [1.29, 1.82) is 0 Å². The van der Waals surface area contributed by atoms with Gasteiger partial charge in [-0.1, -0.05) is 103 Å². The maximum absolute atomic E-state index is 4.87. The third-order valence-electron chi connectivity index (χ3n) is 9.53. The zero-order chi connectivity index (χ0) is 30.2. The quantitative estimate of drug-likeness (QED) is 0.189. The Kier molecular flexibility index (Phi) is 5.28. The van der Waals surface area contributed by atoms with E-state index in [1.165, 1.54) is 71.2 Å². The summed E-state index contributed by atoms with van der Waals surface area (Å²) in [5, 5.41) is 8.50. The Hall–Kier alpha value is -6.19. The van der Waals surface area contributed by atoms with Gasteiger partial charge in [-0.15, -0.1) is 0 Å². The molecule has 0 unspecified atom stereocenters. The van der Waals surface area contributed by atoms with Crippen LogP contribution in [-0.4, -0.2) is 14.1 Å². The molecule has 0 saturated carbocycles. The lowest BCUT2D eigenvalue weighted by Gasteiger charge is -2.14. The molecule has 0 aliphatic heterocycles. The van der Waals surface area contributed by atoms with E-state index in [1.807, 2.05) is 12.3 Å². The second-order valence-electron chi connectivity index (χ2n) is 12.0. The van der Waals surface area contributed by atoms with Gasteiger partial charge >= 0.3 is 0 Å². The number of para-hydroxylation sites is 3. The first kappa shape index (κ1) is 25.2. The highest BCUT2D eigenvalue weighted by Gasteiger charge is 2.18. The van der Waals surface area contributed by atoms with Gasteiger partial charge in [0.05, 0.1) is 33.3 Å². The van der Waals surface area contributed by atoms with Crippen LogP contribution in [0.4, 0.5) is 0 Å². The van der Waals surface area contributed by atoms with E-state index in [2.05, 4.69) is 161 Å². The van der Waals surface area contributed by atoms with Crippen LogP contribution in [0.5, 0.6) is 0 Å².